The number of aromatic amines is 2. The lowest BCUT2D eigenvalue weighted by molar-refractivity contribution is -0.130. The molecular formula is C17H24N4O2. The van der Waals surface area contributed by atoms with E-state index < -0.39 is 0 Å². The number of imidazole rings is 1. The van der Waals surface area contributed by atoms with Crippen molar-refractivity contribution in [3.8, 4) is 0 Å². The Labute approximate surface area is 135 Å². The largest absolute Gasteiger partial charge is 0.342 e. The van der Waals surface area contributed by atoms with Crippen LogP contribution in [0.2, 0.25) is 0 Å². The molecule has 1 saturated heterocycles. The summed E-state index contributed by atoms with van der Waals surface area (Å²) in [5.74, 6) is 0.858. The van der Waals surface area contributed by atoms with Crippen LogP contribution >= 0.6 is 0 Å². The number of aromatic nitrogens is 2. The van der Waals surface area contributed by atoms with Gasteiger partial charge in [-0.2, -0.15) is 0 Å². The van der Waals surface area contributed by atoms with Crippen molar-refractivity contribution in [1.29, 1.82) is 0 Å². The van der Waals surface area contributed by atoms with Crippen LogP contribution in [-0.2, 0) is 11.2 Å². The number of H-pyrrole nitrogens is 2. The van der Waals surface area contributed by atoms with E-state index in [-0.39, 0.29) is 11.6 Å². The highest BCUT2D eigenvalue weighted by molar-refractivity contribution is 5.77. The Morgan fingerprint density at radius 3 is 3.00 bits per heavy atom. The first kappa shape index (κ1) is 15.8. The molecule has 3 rings (SSSR count). The van der Waals surface area contributed by atoms with E-state index in [2.05, 4.69) is 15.3 Å². The van der Waals surface area contributed by atoms with E-state index in [1.807, 2.05) is 30.1 Å². The molecule has 3 N–H and O–H groups in total. The van der Waals surface area contributed by atoms with E-state index in [1.54, 1.807) is 0 Å². The number of nitrogens with one attached hydrogen (secondary N) is 3. The van der Waals surface area contributed by atoms with Crippen molar-refractivity contribution in [1.82, 2.24) is 20.2 Å². The summed E-state index contributed by atoms with van der Waals surface area (Å²) in [5.41, 5.74) is 2.61. The van der Waals surface area contributed by atoms with Gasteiger partial charge in [-0.05, 0) is 56.5 Å². The molecule has 1 fully saturated rings. The molecule has 2 heterocycles. The second-order valence-corrected chi connectivity index (χ2v) is 6.36. The van der Waals surface area contributed by atoms with Crippen molar-refractivity contribution in [2.75, 3.05) is 26.7 Å². The van der Waals surface area contributed by atoms with Gasteiger partial charge in [-0.25, -0.2) is 4.79 Å². The van der Waals surface area contributed by atoms with Gasteiger partial charge in [0.25, 0.3) is 0 Å². The molecule has 6 nitrogen and oxygen atoms in total. The van der Waals surface area contributed by atoms with Crippen LogP contribution in [0, 0.1) is 5.92 Å². The number of benzene rings is 1. The first-order chi connectivity index (χ1) is 11.2. The maximum absolute atomic E-state index is 12.3. The molecule has 0 bridgehead atoms. The highest BCUT2D eigenvalue weighted by Gasteiger charge is 2.25. The number of nitrogens with zero attached hydrogens (tertiary/aromatic N) is 1. The molecule has 6 heteroatoms. The van der Waals surface area contributed by atoms with Crippen LogP contribution in [0.5, 0.6) is 0 Å². The monoisotopic (exact) mass is 316 g/mol. The predicted octanol–water partition coefficient (Wildman–Crippen LogP) is 1.25. The maximum Gasteiger partial charge on any atom is 0.323 e. The summed E-state index contributed by atoms with van der Waals surface area (Å²) in [7, 11) is 1.96. The third kappa shape index (κ3) is 3.82. The van der Waals surface area contributed by atoms with Gasteiger partial charge in [0.2, 0.25) is 5.91 Å². The van der Waals surface area contributed by atoms with Crippen molar-refractivity contribution in [2.45, 2.75) is 25.7 Å². The summed E-state index contributed by atoms with van der Waals surface area (Å²) in [6, 6.07) is 5.90. The zero-order valence-electron chi connectivity index (χ0n) is 13.5. The number of hydrogen-bond acceptors (Lipinski definition) is 3. The van der Waals surface area contributed by atoms with Crippen LogP contribution in [0.3, 0.4) is 0 Å². The predicted molar refractivity (Wildman–Crippen MR) is 90.5 cm³/mol. The number of rotatable bonds is 6. The number of hydrogen-bond donors (Lipinski definition) is 3. The van der Waals surface area contributed by atoms with Gasteiger partial charge in [-0.1, -0.05) is 6.07 Å². The maximum atomic E-state index is 12.3. The third-order valence-electron chi connectivity index (χ3n) is 4.57. The highest BCUT2D eigenvalue weighted by atomic mass is 16.2. The Morgan fingerprint density at radius 2 is 2.17 bits per heavy atom. The Hall–Kier alpha value is -2.08. The number of carbonyl (C=O) groups excluding carboxylic acids is 1. The van der Waals surface area contributed by atoms with E-state index in [0.29, 0.717) is 12.3 Å². The Morgan fingerprint density at radius 1 is 1.35 bits per heavy atom. The molecule has 1 amide bonds. The average Bonchev–Trinajstić information content (AvgIpc) is 3.12. The van der Waals surface area contributed by atoms with Crippen LogP contribution in [0.25, 0.3) is 11.0 Å². The topological polar surface area (TPSA) is 81.0 Å². The van der Waals surface area contributed by atoms with Crippen molar-refractivity contribution < 1.29 is 4.79 Å². The Kier molecular flexibility index (Phi) is 4.81. The zero-order chi connectivity index (χ0) is 16.2. The fourth-order valence-corrected chi connectivity index (χ4v) is 3.35. The molecule has 1 aliphatic rings. The molecule has 1 aromatic carbocycles. The first-order valence-electron chi connectivity index (χ1n) is 8.29. The minimum atomic E-state index is -0.183. The third-order valence-corrected chi connectivity index (χ3v) is 4.57. The molecule has 0 spiro atoms. The minimum Gasteiger partial charge on any atom is -0.342 e. The lowest BCUT2D eigenvalue weighted by Gasteiger charge is -2.16. The van der Waals surface area contributed by atoms with E-state index in [9.17, 15) is 9.59 Å². The fraction of sp³-hybridized carbons (Fsp3) is 0.529. The van der Waals surface area contributed by atoms with Crippen molar-refractivity contribution in [2.24, 2.45) is 5.92 Å². The van der Waals surface area contributed by atoms with Crippen molar-refractivity contribution in [3.05, 3.63) is 34.2 Å². The molecular weight excluding hydrogens is 292 g/mol. The van der Waals surface area contributed by atoms with Crippen LogP contribution in [0.15, 0.2) is 23.0 Å². The Balaban J connectivity index is 1.48. The lowest BCUT2D eigenvalue weighted by atomic mass is 10.1. The number of likely N-dealkylation sites (tertiary alicyclic amines) is 1. The molecule has 1 atom stereocenters. The number of carbonyl (C=O) groups is 1. The van der Waals surface area contributed by atoms with Crippen LogP contribution in [0.4, 0.5) is 0 Å². The van der Waals surface area contributed by atoms with E-state index in [0.717, 1.165) is 55.5 Å². The van der Waals surface area contributed by atoms with Crippen LogP contribution in [-0.4, -0.2) is 47.5 Å². The quantitative estimate of drug-likeness (QED) is 0.750. The van der Waals surface area contributed by atoms with Gasteiger partial charge < -0.3 is 20.2 Å². The number of aryl methyl sites for hydroxylation is 1. The summed E-state index contributed by atoms with van der Waals surface area (Å²) in [4.78, 5) is 31.0. The summed E-state index contributed by atoms with van der Waals surface area (Å²) >= 11 is 0. The Bertz CT molecular complexity index is 734. The normalized spacial score (nSPS) is 18.0. The van der Waals surface area contributed by atoms with Gasteiger partial charge in [0.1, 0.15) is 0 Å². The molecule has 1 aromatic heterocycles. The van der Waals surface area contributed by atoms with E-state index >= 15 is 0 Å². The van der Waals surface area contributed by atoms with Crippen LogP contribution < -0.4 is 11.0 Å². The number of fused-ring (bicyclic) bond motifs is 1. The van der Waals surface area contributed by atoms with Crippen molar-refractivity contribution >= 4 is 16.9 Å². The SMILES string of the molecule is CNCC1CCN(C(=O)CCCc2ccc3[nH]c(=O)[nH]c3c2)C1. The van der Waals surface area contributed by atoms with Crippen molar-refractivity contribution in [3.63, 3.8) is 0 Å². The van der Waals surface area contributed by atoms with Gasteiger partial charge in [0.05, 0.1) is 11.0 Å². The molecule has 1 aliphatic heterocycles. The summed E-state index contributed by atoms with van der Waals surface area (Å²) in [6.45, 7) is 2.76. The van der Waals surface area contributed by atoms with E-state index in [4.69, 9.17) is 0 Å². The second-order valence-electron chi connectivity index (χ2n) is 6.36. The summed E-state index contributed by atoms with van der Waals surface area (Å²) in [5, 5.41) is 3.18. The van der Waals surface area contributed by atoms with Gasteiger partial charge in [-0.3, -0.25) is 4.79 Å². The molecule has 23 heavy (non-hydrogen) atoms. The lowest BCUT2D eigenvalue weighted by Crippen LogP contribution is -2.30. The summed E-state index contributed by atoms with van der Waals surface area (Å²) < 4.78 is 0. The molecule has 0 radical (unpaired) electrons. The molecule has 1 unspecified atom stereocenters. The molecule has 0 saturated carbocycles. The van der Waals surface area contributed by atoms with Gasteiger partial charge in [0.15, 0.2) is 0 Å². The zero-order valence-corrected chi connectivity index (χ0v) is 13.5. The van der Waals surface area contributed by atoms with Gasteiger partial charge in [0, 0.05) is 19.5 Å². The second kappa shape index (κ2) is 7.00. The standard InChI is InChI=1S/C17H24N4O2/c1-18-10-13-7-8-21(11-13)16(22)4-2-3-12-5-6-14-15(9-12)20-17(23)19-14/h5-6,9,13,18H,2-4,7-8,10-11H2,1H3,(H2,19,20,23). The van der Waals surface area contributed by atoms with Gasteiger partial charge in [-0.15, -0.1) is 0 Å². The highest BCUT2D eigenvalue weighted by Crippen LogP contribution is 2.18. The average molecular weight is 316 g/mol. The summed E-state index contributed by atoms with van der Waals surface area (Å²) in [6.07, 6.45) is 3.38. The van der Waals surface area contributed by atoms with Gasteiger partial charge >= 0.3 is 5.69 Å². The molecule has 2 aromatic rings. The minimum absolute atomic E-state index is 0.183. The first-order valence-corrected chi connectivity index (χ1v) is 8.29. The molecule has 0 aliphatic carbocycles. The number of amides is 1. The smallest absolute Gasteiger partial charge is 0.323 e. The molecule has 124 valence electrons. The van der Waals surface area contributed by atoms with E-state index in [1.165, 1.54) is 0 Å². The fourth-order valence-electron chi connectivity index (χ4n) is 3.35. The van der Waals surface area contributed by atoms with Crippen LogP contribution in [0.1, 0.15) is 24.8 Å².